The first-order valence-electron chi connectivity index (χ1n) is 5.04. The third-order valence-corrected chi connectivity index (χ3v) is 2.46. The molecule has 0 bridgehead atoms. The van der Waals surface area contributed by atoms with Crippen LogP contribution in [0.15, 0.2) is 36.4 Å². The predicted octanol–water partition coefficient (Wildman–Crippen LogP) is 2.87. The molecule has 2 rings (SSSR count). The van der Waals surface area contributed by atoms with Gasteiger partial charge in [0.2, 0.25) is 5.91 Å². The molecule has 0 unspecified atom stereocenters. The molecule has 1 amide bonds. The van der Waals surface area contributed by atoms with E-state index in [9.17, 15) is 18.0 Å². The van der Waals surface area contributed by atoms with Crippen molar-refractivity contribution in [2.45, 2.75) is 0 Å². The number of amides is 1. The molecule has 0 atom stereocenters. The highest BCUT2D eigenvalue weighted by atomic mass is 19.1. The first-order valence-corrected chi connectivity index (χ1v) is 5.04. The molecule has 0 spiro atoms. The average Bonchev–Trinajstić information content (AvgIpc) is 2.30. The van der Waals surface area contributed by atoms with Crippen LogP contribution in [0.2, 0.25) is 0 Å². The number of carbonyl (C=O) groups excluding carboxylic acids is 1. The van der Waals surface area contributed by atoms with Crippen molar-refractivity contribution in [2.24, 2.45) is 5.73 Å². The van der Waals surface area contributed by atoms with E-state index in [1.54, 1.807) is 0 Å². The predicted molar refractivity (Wildman–Crippen MR) is 60.3 cm³/mol. The maximum absolute atomic E-state index is 13.7. The van der Waals surface area contributed by atoms with Crippen molar-refractivity contribution in [2.75, 3.05) is 0 Å². The van der Waals surface area contributed by atoms with Gasteiger partial charge in [-0.1, -0.05) is 12.1 Å². The third kappa shape index (κ3) is 2.20. The number of primary amides is 1. The fourth-order valence-electron chi connectivity index (χ4n) is 1.61. The standard InChI is InChI=1S/C13H8F3NO/c14-9-3-1-7(2-4-9)12-10(15)5-8(13(17)18)6-11(12)16/h1-6H,(H2,17,18). The highest BCUT2D eigenvalue weighted by molar-refractivity contribution is 5.93. The van der Waals surface area contributed by atoms with Crippen molar-refractivity contribution < 1.29 is 18.0 Å². The molecule has 0 fully saturated rings. The van der Waals surface area contributed by atoms with Crippen LogP contribution in [-0.4, -0.2) is 5.91 Å². The van der Waals surface area contributed by atoms with Crippen LogP contribution in [0.25, 0.3) is 11.1 Å². The number of nitrogens with two attached hydrogens (primary N) is 1. The minimum Gasteiger partial charge on any atom is -0.366 e. The van der Waals surface area contributed by atoms with Crippen LogP contribution in [0.1, 0.15) is 10.4 Å². The van der Waals surface area contributed by atoms with E-state index in [2.05, 4.69) is 0 Å². The van der Waals surface area contributed by atoms with Crippen LogP contribution in [0.3, 0.4) is 0 Å². The molecule has 2 aromatic carbocycles. The van der Waals surface area contributed by atoms with Crippen LogP contribution in [0, 0.1) is 17.5 Å². The fraction of sp³-hybridized carbons (Fsp3) is 0. The molecule has 5 heteroatoms. The van der Waals surface area contributed by atoms with E-state index in [0.29, 0.717) is 0 Å². The van der Waals surface area contributed by atoms with Gasteiger partial charge in [0, 0.05) is 5.56 Å². The molecule has 0 saturated carbocycles. The van der Waals surface area contributed by atoms with Gasteiger partial charge in [-0.15, -0.1) is 0 Å². The third-order valence-electron chi connectivity index (χ3n) is 2.46. The Labute approximate surface area is 101 Å². The van der Waals surface area contributed by atoms with Crippen molar-refractivity contribution >= 4 is 5.91 Å². The summed E-state index contributed by atoms with van der Waals surface area (Å²) in [6, 6.07) is 6.39. The summed E-state index contributed by atoms with van der Waals surface area (Å²) in [5.41, 5.74) is 4.55. The van der Waals surface area contributed by atoms with Gasteiger partial charge in [0.15, 0.2) is 0 Å². The second-order valence-corrected chi connectivity index (χ2v) is 3.69. The van der Waals surface area contributed by atoms with E-state index >= 15 is 0 Å². The smallest absolute Gasteiger partial charge is 0.248 e. The number of hydrogen-bond acceptors (Lipinski definition) is 1. The van der Waals surface area contributed by atoms with E-state index in [4.69, 9.17) is 5.73 Å². The summed E-state index contributed by atoms with van der Waals surface area (Å²) in [7, 11) is 0. The van der Waals surface area contributed by atoms with Gasteiger partial charge < -0.3 is 5.73 Å². The lowest BCUT2D eigenvalue weighted by Crippen LogP contribution is -2.12. The van der Waals surface area contributed by atoms with Crippen molar-refractivity contribution in [1.82, 2.24) is 0 Å². The molecule has 0 aliphatic carbocycles. The number of rotatable bonds is 2. The molecule has 18 heavy (non-hydrogen) atoms. The van der Waals surface area contributed by atoms with Gasteiger partial charge in [-0.3, -0.25) is 4.79 Å². The second kappa shape index (κ2) is 4.52. The summed E-state index contributed by atoms with van der Waals surface area (Å²) < 4.78 is 40.2. The average molecular weight is 251 g/mol. The zero-order valence-electron chi connectivity index (χ0n) is 9.08. The Morgan fingerprint density at radius 2 is 1.44 bits per heavy atom. The SMILES string of the molecule is NC(=O)c1cc(F)c(-c2ccc(F)cc2)c(F)c1. The summed E-state index contributed by atoms with van der Waals surface area (Å²) in [4.78, 5) is 10.8. The Balaban J connectivity index is 2.58. The van der Waals surface area contributed by atoms with Crippen LogP contribution < -0.4 is 5.73 Å². The van der Waals surface area contributed by atoms with Gasteiger partial charge >= 0.3 is 0 Å². The Morgan fingerprint density at radius 3 is 1.89 bits per heavy atom. The van der Waals surface area contributed by atoms with Gasteiger partial charge in [-0.05, 0) is 29.8 Å². The van der Waals surface area contributed by atoms with Crippen LogP contribution in [0.4, 0.5) is 13.2 Å². The molecule has 0 radical (unpaired) electrons. The van der Waals surface area contributed by atoms with Gasteiger partial charge in [0.25, 0.3) is 0 Å². The summed E-state index contributed by atoms with van der Waals surface area (Å²) in [5, 5.41) is 0. The van der Waals surface area contributed by atoms with Gasteiger partial charge in [-0.2, -0.15) is 0 Å². The van der Waals surface area contributed by atoms with Crippen molar-refractivity contribution in [3.8, 4) is 11.1 Å². The van der Waals surface area contributed by atoms with Crippen molar-refractivity contribution in [1.29, 1.82) is 0 Å². The molecule has 0 saturated heterocycles. The maximum Gasteiger partial charge on any atom is 0.248 e. The van der Waals surface area contributed by atoms with Gasteiger partial charge in [0.05, 0.1) is 5.56 Å². The zero-order chi connectivity index (χ0) is 13.3. The number of halogens is 3. The Bertz CT molecular complexity index is 585. The molecule has 0 aliphatic heterocycles. The van der Waals surface area contributed by atoms with Gasteiger partial charge in [0.1, 0.15) is 17.5 Å². The zero-order valence-corrected chi connectivity index (χ0v) is 9.08. The van der Waals surface area contributed by atoms with Crippen LogP contribution in [0.5, 0.6) is 0 Å². The maximum atomic E-state index is 13.7. The van der Waals surface area contributed by atoms with Gasteiger partial charge in [-0.25, -0.2) is 13.2 Å². The molecule has 0 aromatic heterocycles. The van der Waals surface area contributed by atoms with Crippen molar-refractivity contribution in [3.05, 3.63) is 59.4 Å². The van der Waals surface area contributed by atoms with E-state index in [0.717, 1.165) is 24.3 Å². The summed E-state index contributed by atoms with van der Waals surface area (Å²) in [6.45, 7) is 0. The quantitative estimate of drug-likeness (QED) is 0.876. The molecular formula is C13H8F3NO. The number of carbonyl (C=O) groups is 1. The van der Waals surface area contributed by atoms with E-state index in [1.165, 1.54) is 12.1 Å². The van der Waals surface area contributed by atoms with Crippen LogP contribution in [-0.2, 0) is 0 Å². The molecule has 2 N–H and O–H groups in total. The minimum atomic E-state index is -0.921. The van der Waals surface area contributed by atoms with E-state index in [-0.39, 0.29) is 16.7 Å². The highest BCUT2D eigenvalue weighted by Gasteiger charge is 2.15. The monoisotopic (exact) mass is 251 g/mol. The summed E-state index contributed by atoms with van der Waals surface area (Å²) >= 11 is 0. The fourth-order valence-corrected chi connectivity index (χ4v) is 1.61. The summed E-state index contributed by atoms with van der Waals surface area (Å²) in [5.74, 6) is -3.27. The number of hydrogen-bond donors (Lipinski definition) is 1. The lowest BCUT2D eigenvalue weighted by Gasteiger charge is -2.07. The van der Waals surface area contributed by atoms with Crippen LogP contribution >= 0.6 is 0 Å². The topological polar surface area (TPSA) is 43.1 Å². The summed E-state index contributed by atoms with van der Waals surface area (Å²) in [6.07, 6.45) is 0. The molecule has 2 aromatic rings. The molecule has 92 valence electrons. The lowest BCUT2D eigenvalue weighted by atomic mass is 10.0. The molecule has 2 nitrogen and oxygen atoms in total. The van der Waals surface area contributed by atoms with E-state index < -0.39 is 23.4 Å². The Hall–Kier alpha value is -2.30. The molecule has 0 aliphatic rings. The largest absolute Gasteiger partial charge is 0.366 e. The second-order valence-electron chi connectivity index (χ2n) is 3.69. The molecular weight excluding hydrogens is 243 g/mol. The molecule has 0 heterocycles. The Morgan fingerprint density at radius 1 is 0.944 bits per heavy atom. The first kappa shape index (κ1) is 12.2. The number of benzene rings is 2. The van der Waals surface area contributed by atoms with E-state index in [1.807, 2.05) is 0 Å². The first-order chi connectivity index (χ1) is 8.49. The highest BCUT2D eigenvalue weighted by Crippen LogP contribution is 2.27. The Kier molecular flexibility index (Phi) is 3.06. The normalized spacial score (nSPS) is 10.4. The minimum absolute atomic E-state index is 0.183. The lowest BCUT2D eigenvalue weighted by molar-refractivity contribution is 0.0999. The van der Waals surface area contributed by atoms with Crippen molar-refractivity contribution in [3.63, 3.8) is 0 Å².